The van der Waals surface area contributed by atoms with E-state index in [4.69, 9.17) is 5.11 Å². The largest absolute Gasteiger partial charge is 0.478 e. The van der Waals surface area contributed by atoms with E-state index in [0.717, 1.165) is 22.9 Å². The number of hydrogen-bond acceptors (Lipinski definition) is 4. The molecule has 0 radical (unpaired) electrons. The van der Waals surface area contributed by atoms with E-state index in [9.17, 15) is 18.0 Å². The van der Waals surface area contributed by atoms with Crippen molar-refractivity contribution in [3.8, 4) is 0 Å². The summed E-state index contributed by atoms with van der Waals surface area (Å²) in [5.41, 5.74) is 2.41. The molecule has 0 unspecified atom stereocenters. The van der Waals surface area contributed by atoms with E-state index >= 15 is 0 Å². The van der Waals surface area contributed by atoms with E-state index in [1.165, 1.54) is 12.1 Å². The second kappa shape index (κ2) is 6.95. The number of carboxylic acids is 1. The van der Waals surface area contributed by atoms with Gasteiger partial charge in [-0.3, -0.25) is 10.2 Å². The van der Waals surface area contributed by atoms with Gasteiger partial charge >= 0.3 is 5.97 Å². The van der Waals surface area contributed by atoms with Crippen LogP contribution in [0.2, 0.25) is 0 Å². The van der Waals surface area contributed by atoms with Gasteiger partial charge in [-0.25, -0.2) is 13.2 Å². The van der Waals surface area contributed by atoms with Crippen molar-refractivity contribution in [1.82, 2.24) is 10.3 Å². The minimum absolute atomic E-state index is 0.0378. The lowest BCUT2D eigenvalue weighted by atomic mass is 10.1. The van der Waals surface area contributed by atoms with Crippen molar-refractivity contribution in [2.75, 3.05) is 0 Å². The summed E-state index contributed by atoms with van der Waals surface area (Å²) in [6.45, 7) is 0. The van der Waals surface area contributed by atoms with Crippen LogP contribution >= 0.6 is 0 Å². The van der Waals surface area contributed by atoms with Gasteiger partial charge in [-0.05, 0) is 47.2 Å². The van der Waals surface area contributed by atoms with E-state index < -0.39 is 21.9 Å². The van der Waals surface area contributed by atoms with Gasteiger partial charge in [-0.1, -0.05) is 30.3 Å². The van der Waals surface area contributed by atoms with Crippen LogP contribution in [0.15, 0.2) is 71.6 Å². The van der Waals surface area contributed by atoms with Crippen LogP contribution in [0.25, 0.3) is 10.8 Å². The number of hydrogen-bond donors (Lipinski definition) is 3. The molecule has 3 rings (SSSR count). The Kier molecular flexibility index (Phi) is 4.70. The predicted octanol–water partition coefficient (Wildman–Crippen LogP) is 2.16. The molecule has 0 aromatic heterocycles. The third-order valence-electron chi connectivity index (χ3n) is 3.72. The number of sulfonamides is 1. The number of aromatic carboxylic acids is 1. The zero-order chi connectivity index (χ0) is 18.7. The number of carboxylic acid groups (broad SMARTS) is 1. The number of amides is 1. The van der Waals surface area contributed by atoms with Crippen molar-refractivity contribution in [2.45, 2.75) is 4.90 Å². The zero-order valence-electron chi connectivity index (χ0n) is 13.3. The van der Waals surface area contributed by atoms with Gasteiger partial charge in [0.2, 0.25) is 0 Å². The highest BCUT2D eigenvalue weighted by Gasteiger charge is 2.16. The molecule has 0 saturated heterocycles. The number of benzene rings is 3. The Morgan fingerprint density at radius 2 is 1.42 bits per heavy atom. The van der Waals surface area contributed by atoms with Crippen LogP contribution in [0.1, 0.15) is 20.7 Å². The molecule has 0 aliphatic heterocycles. The molecule has 0 bridgehead atoms. The third-order valence-corrected chi connectivity index (χ3v) is 4.99. The smallest absolute Gasteiger partial charge is 0.335 e. The summed E-state index contributed by atoms with van der Waals surface area (Å²) in [5.74, 6) is -1.77. The van der Waals surface area contributed by atoms with E-state index in [1.54, 1.807) is 18.2 Å². The molecule has 3 aromatic rings. The third kappa shape index (κ3) is 3.71. The monoisotopic (exact) mass is 370 g/mol. The molecule has 0 spiro atoms. The fourth-order valence-corrected chi connectivity index (χ4v) is 3.19. The molecule has 8 heteroatoms. The van der Waals surface area contributed by atoms with Gasteiger partial charge in [0.15, 0.2) is 0 Å². The summed E-state index contributed by atoms with van der Waals surface area (Å²) >= 11 is 0. The average Bonchev–Trinajstić information content (AvgIpc) is 2.66. The lowest BCUT2D eigenvalue weighted by Crippen LogP contribution is -2.41. The maximum Gasteiger partial charge on any atom is 0.335 e. The normalized spacial score (nSPS) is 11.2. The van der Waals surface area contributed by atoms with Gasteiger partial charge in [0, 0.05) is 5.56 Å². The SMILES string of the molecule is O=C(O)c1ccc(S(=O)(=O)NNC(=O)c2ccc3ccccc3c2)cc1. The first-order chi connectivity index (χ1) is 12.4. The molecule has 0 fully saturated rings. The Balaban J connectivity index is 1.73. The topological polar surface area (TPSA) is 113 Å². The molecule has 3 aromatic carbocycles. The quantitative estimate of drug-likeness (QED) is 0.596. The summed E-state index contributed by atoms with van der Waals surface area (Å²) in [6, 6.07) is 17.1. The van der Waals surface area contributed by atoms with Crippen LogP contribution in [0, 0.1) is 0 Å². The first-order valence-electron chi connectivity index (χ1n) is 7.51. The lowest BCUT2D eigenvalue weighted by Gasteiger charge is -2.09. The zero-order valence-corrected chi connectivity index (χ0v) is 14.2. The highest BCUT2D eigenvalue weighted by atomic mass is 32.2. The van der Waals surface area contributed by atoms with Gasteiger partial charge in [0.1, 0.15) is 0 Å². The van der Waals surface area contributed by atoms with E-state index in [1.807, 2.05) is 29.1 Å². The molecule has 0 atom stereocenters. The summed E-state index contributed by atoms with van der Waals surface area (Å²) in [6.07, 6.45) is 0. The van der Waals surface area contributed by atoms with Crippen molar-refractivity contribution in [3.63, 3.8) is 0 Å². The molecule has 3 N–H and O–H groups in total. The number of carbonyl (C=O) groups excluding carboxylic acids is 1. The summed E-state index contributed by atoms with van der Waals surface area (Å²) in [4.78, 5) is 24.8. The van der Waals surface area contributed by atoms with Crippen LogP contribution in [0.4, 0.5) is 0 Å². The van der Waals surface area contributed by atoms with Crippen LogP contribution < -0.4 is 10.3 Å². The summed E-state index contributed by atoms with van der Waals surface area (Å²) in [7, 11) is -4.02. The van der Waals surface area contributed by atoms with Gasteiger partial charge in [-0.2, -0.15) is 0 Å². The Morgan fingerprint density at radius 1 is 0.808 bits per heavy atom. The van der Waals surface area contributed by atoms with Crippen molar-refractivity contribution >= 4 is 32.7 Å². The Bertz CT molecular complexity index is 1090. The highest BCUT2D eigenvalue weighted by molar-refractivity contribution is 7.89. The first-order valence-corrected chi connectivity index (χ1v) is 8.99. The van der Waals surface area contributed by atoms with Crippen LogP contribution in [-0.2, 0) is 10.0 Å². The van der Waals surface area contributed by atoms with E-state index in [-0.39, 0.29) is 10.5 Å². The van der Waals surface area contributed by atoms with Gasteiger partial charge in [0.25, 0.3) is 15.9 Å². The van der Waals surface area contributed by atoms with Crippen LogP contribution in [-0.4, -0.2) is 25.4 Å². The standard InChI is InChI=1S/C18H14N2O5S/c21-17(15-6-5-12-3-1-2-4-14(12)11-15)19-20-26(24,25)16-9-7-13(8-10-16)18(22)23/h1-11,20H,(H,19,21)(H,22,23). The number of rotatable bonds is 5. The fourth-order valence-electron chi connectivity index (χ4n) is 2.35. The van der Waals surface area contributed by atoms with Crippen molar-refractivity contribution in [3.05, 3.63) is 77.9 Å². The van der Waals surface area contributed by atoms with Crippen LogP contribution in [0.3, 0.4) is 0 Å². The summed E-state index contributed by atoms with van der Waals surface area (Å²) in [5, 5.41) is 10.6. The van der Waals surface area contributed by atoms with Crippen LogP contribution in [0.5, 0.6) is 0 Å². The fraction of sp³-hybridized carbons (Fsp3) is 0. The maximum atomic E-state index is 12.2. The van der Waals surface area contributed by atoms with Crippen molar-refractivity contribution < 1.29 is 23.1 Å². The molecule has 7 nitrogen and oxygen atoms in total. The molecule has 1 amide bonds. The number of nitrogens with one attached hydrogen (secondary N) is 2. The summed E-state index contributed by atoms with van der Waals surface area (Å²) < 4.78 is 24.4. The van der Waals surface area contributed by atoms with Gasteiger partial charge < -0.3 is 5.11 Å². The van der Waals surface area contributed by atoms with E-state index in [2.05, 4.69) is 5.43 Å². The van der Waals surface area contributed by atoms with Gasteiger partial charge in [0.05, 0.1) is 10.5 Å². The number of fused-ring (bicyclic) bond motifs is 1. The Hall–Kier alpha value is -3.23. The molecule has 0 heterocycles. The minimum atomic E-state index is -4.02. The number of hydrazine groups is 1. The molecule has 0 aliphatic rings. The second-order valence-electron chi connectivity index (χ2n) is 5.45. The maximum absolute atomic E-state index is 12.2. The minimum Gasteiger partial charge on any atom is -0.478 e. The molecule has 26 heavy (non-hydrogen) atoms. The average molecular weight is 370 g/mol. The molecule has 132 valence electrons. The highest BCUT2D eigenvalue weighted by Crippen LogP contribution is 2.15. The molecular formula is C18H14N2O5S. The number of carbonyl (C=O) groups is 2. The second-order valence-corrected chi connectivity index (χ2v) is 7.13. The van der Waals surface area contributed by atoms with Crippen molar-refractivity contribution in [1.29, 1.82) is 0 Å². The molecule has 0 saturated carbocycles. The first kappa shape index (κ1) is 17.6. The molecule has 0 aliphatic carbocycles. The Labute approximate surface area is 149 Å². The lowest BCUT2D eigenvalue weighted by molar-refractivity contribution is 0.0696. The molecular weight excluding hydrogens is 356 g/mol. The van der Waals surface area contributed by atoms with E-state index in [0.29, 0.717) is 5.56 Å². The van der Waals surface area contributed by atoms with Crippen molar-refractivity contribution in [2.24, 2.45) is 0 Å². The Morgan fingerprint density at radius 3 is 2.08 bits per heavy atom. The van der Waals surface area contributed by atoms with Gasteiger partial charge in [-0.15, -0.1) is 4.83 Å². The predicted molar refractivity (Wildman–Crippen MR) is 95.1 cm³/mol.